The van der Waals surface area contributed by atoms with Gasteiger partial charge in [-0.1, -0.05) is 6.92 Å². The highest BCUT2D eigenvalue weighted by molar-refractivity contribution is 5.92. The first-order valence-electron chi connectivity index (χ1n) is 18.1. The number of ether oxygens (including phenoxy) is 3. The Kier molecular flexibility index (Phi) is 13.3. The number of aryl methyl sites for hydroxylation is 2. The van der Waals surface area contributed by atoms with Crippen molar-refractivity contribution in [1.29, 1.82) is 0 Å². The Bertz CT molecular complexity index is 1660. The zero-order valence-corrected chi connectivity index (χ0v) is 30.5. The third-order valence-corrected chi connectivity index (χ3v) is 10.3. The molecule has 1 unspecified atom stereocenters. The third-order valence-electron chi connectivity index (χ3n) is 10.3. The summed E-state index contributed by atoms with van der Waals surface area (Å²) in [7, 11) is 4.87. The monoisotopic (exact) mass is 707 g/mol. The maximum Gasteiger partial charge on any atom is 0.290 e. The molecular weight excluding hydrogens is 654 g/mol. The molecule has 0 radical (unpaired) electrons. The van der Waals surface area contributed by atoms with Gasteiger partial charge in [0.2, 0.25) is 17.6 Å². The summed E-state index contributed by atoms with van der Waals surface area (Å²) in [5.41, 5.74) is 5.42. The number of hydrogen-bond donors (Lipinski definition) is 3. The molecule has 0 spiro atoms. The van der Waals surface area contributed by atoms with Gasteiger partial charge in [0.25, 0.3) is 6.47 Å². The van der Waals surface area contributed by atoms with Gasteiger partial charge in [0.05, 0.1) is 32.5 Å². The van der Waals surface area contributed by atoms with E-state index >= 15 is 0 Å². The SMILES string of the molecule is CCN1CCN(C(=O)CCc2n[nH]c3c2CCCC3)CCC(=O)NCC2CCCN(C2)c2nc3cc(OC)c(OC)c(OC)c3cc2C1.O=CO. The highest BCUT2D eigenvalue weighted by Gasteiger charge is 2.27. The number of piperidine rings is 1. The van der Waals surface area contributed by atoms with Gasteiger partial charge in [0, 0.05) is 87.8 Å². The van der Waals surface area contributed by atoms with Crippen LogP contribution in [0.5, 0.6) is 17.2 Å². The summed E-state index contributed by atoms with van der Waals surface area (Å²) >= 11 is 0. The fraction of sp³-hybridized carbons (Fsp3) is 0.595. The van der Waals surface area contributed by atoms with Crippen LogP contribution < -0.4 is 24.4 Å². The standard InChI is InChI=1S/C36H51N7O5.CH2O2/c1-5-41-17-18-42(33(45)13-12-29-26-10-6-7-11-28(26)39-40-29)16-14-32(44)37-21-24-9-8-15-43(22-24)36-25(23-41)19-27-30(38-36)20-31(46-2)35(48-4)34(27)47-3;2-1-3/h19-20,24H,5-18,21-23H2,1-4H3,(H,37,44)(H,39,40);1H,(H,2,3). The fourth-order valence-electron chi connectivity index (χ4n) is 7.57. The van der Waals surface area contributed by atoms with E-state index in [4.69, 9.17) is 29.1 Å². The first-order chi connectivity index (χ1) is 24.8. The van der Waals surface area contributed by atoms with Crippen LogP contribution in [0.15, 0.2) is 12.1 Å². The number of aromatic nitrogens is 3. The second-order valence-electron chi connectivity index (χ2n) is 13.4. The molecule has 1 aliphatic carbocycles. The van der Waals surface area contributed by atoms with Gasteiger partial charge in [-0.05, 0) is 62.6 Å². The number of nitrogens with zero attached hydrogens (tertiary/aromatic N) is 5. The number of fused-ring (bicyclic) bond motifs is 6. The minimum atomic E-state index is -0.250. The highest BCUT2D eigenvalue weighted by Crippen LogP contribution is 2.44. The van der Waals surface area contributed by atoms with Crippen LogP contribution in [0.1, 0.15) is 68.0 Å². The number of pyridine rings is 1. The predicted molar refractivity (Wildman–Crippen MR) is 194 cm³/mol. The van der Waals surface area contributed by atoms with E-state index in [0.717, 1.165) is 73.3 Å². The number of methoxy groups -OCH3 is 3. The van der Waals surface area contributed by atoms with Crippen molar-refractivity contribution >= 4 is 35.0 Å². The quantitative estimate of drug-likeness (QED) is 0.308. The van der Waals surface area contributed by atoms with Gasteiger partial charge in [-0.2, -0.15) is 5.10 Å². The summed E-state index contributed by atoms with van der Waals surface area (Å²) < 4.78 is 17.2. The zero-order valence-electron chi connectivity index (χ0n) is 30.5. The number of aromatic amines is 1. The number of nitrogens with one attached hydrogen (secondary N) is 2. The van der Waals surface area contributed by atoms with E-state index in [2.05, 4.69) is 38.3 Å². The first kappa shape index (κ1) is 37.7. The molecule has 6 rings (SSSR count). The number of hydrogen-bond acceptors (Lipinski definition) is 10. The Balaban J connectivity index is 0.00000162. The largest absolute Gasteiger partial charge is 0.493 e. The maximum absolute atomic E-state index is 13.7. The summed E-state index contributed by atoms with van der Waals surface area (Å²) in [5, 5.41) is 18.7. The number of carbonyl (C=O) groups is 3. The smallest absolute Gasteiger partial charge is 0.290 e. The van der Waals surface area contributed by atoms with Crippen molar-refractivity contribution in [1.82, 2.24) is 30.3 Å². The summed E-state index contributed by atoms with van der Waals surface area (Å²) in [4.78, 5) is 47.0. The molecular formula is C37H53N7O7. The van der Waals surface area contributed by atoms with Gasteiger partial charge in [-0.15, -0.1) is 0 Å². The maximum atomic E-state index is 13.7. The van der Waals surface area contributed by atoms with Crippen LogP contribution in [0.3, 0.4) is 0 Å². The van der Waals surface area contributed by atoms with Crippen LogP contribution in [0.2, 0.25) is 0 Å². The molecule has 4 heterocycles. The van der Waals surface area contributed by atoms with Gasteiger partial charge in [-0.3, -0.25) is 24.4 Å². The van der Waals surface area contributed by atoms with Gasteiger partial charge >= 0.3 is 0 Å². The van der Waals surface area contributed by atoms with E-state index in [1.807, 2.05) is 11.0 Å². The van der Waals surface area contributed by atoms with Gasteiger partial charge < -0.3 is 34.4 Å². The molecule has 51 heavy (non-hydrogen) atoms. The van der Waals surface area contributed by atoms with E-state index in [-0.39, 0.29) is 18.3 Å². The Morgan fingerprint density at radius 3 is 2.55 bits per heavy atom. The molecule has 3 aliphatic rings. The molecule has 14 nitrogen and oxygen atoms in total. The number of carboxylic acid groups (broad SMARTS) is 1. The molecule has 3 aromatic rings. The summed E-state index contributed by atoms with van der Waals surface area (Å²) in [5.74, 6) is 3.00. The number of benzene rings is 1. The predicted octanol–water partition coefficient (Wildman–Crippen LogP) is 3.58. The fourth-order valence-corrected chi connectivity index (χ4v) is 7.57. The molecule has 1 saturated heterocycles. The molecule has 3 N–H and O–H groups in total. The van der Waals surface area contributed by atoms with Crippen LogP contribution >= 0.6 is 0 Å². The van der Waals surface area contributed by atoms with E-state index in [1.54, 1.807) is 21.3 Å². The van der Waals surface area contributed by atoms with Crippen LogP contribution in [-0.4, -0.2) is 116 Å². The lowest BCUT2D eigenvalue weighted by atomic mass is 9.94. The topological polar surface area (TPSA) is 162 Å². The first-order valence-corrected chi connectivity index (χ1v) is 18.1. The van der Waals surface area contributed by atoms with Crippen molar-refractivity contribution in [2.24, 2.45) is 5.92 Å². The van der Waals surface area contributed by atoms with Crippen LogP contribution in [0.4, 0.5) is 5.82 Å². The van der Waals surface area contributed by atoms with E-state index in [1.165, 1.54) is 24.1 Å². The van der Waals surface area contributed by atoms with Gasteiger partial charge in [-0.25, -0.2) is 4.98 Å². The molecule has 2 aromatic heterocycles. The van der Waals surface area contributed by atoms with Crippen molar-refractivity contribution in [2.75, 3.05) is 72.0 Å². The second-order valence-corrected chi connectivity index (χ2v) is 13.4. The lowest BCUT2D eigenvalue weighted by molar-refractivity contribution is -0.132. The lowest BCUT2D eigenvalue weighted by Crippen LogP contribution is -2.42. The molecule has 0 saturated carbocycles. The number of likely N-dealkylation sites (N-methyl/N-ethyl adjacent to an activating group) is 1. The minimum absolute atomic E-state index is 0.00818. The van der Waals surface area contributed by atoms with E-state index < -0.39 is 0 Å². The van der Waals surface area contributed by atoms with Gasteiger partial charge in [0.15, 0.2) is 11.5 Å². The third kappa shape index (κ3) is 9.02. The van der Waals surface area contributed by atoms with Crippen molar-refractivity contribution in [3.8, 4) is 17.2 Å². The summed E-state index contributed by atoms with van der Waals surface area (Å²) in [6.45, 7) is 7.28. The number of anilines is 1. The zero-order chi connectivity index (χ0) is 36.3. The summed E-state index contributed by atoms with van der Waals surface area (Å²) in [6, 6.07) is 4.09. The second kappa shape index (κ2) is 18.1. The lowest BCUT2D eigenvalue weighted by Gasteiger charge is -2.35. The van der Waals surface area contributed by atoms with Crippen LogP contribution in [0.25, 0.3) is 10.9 Å². The average molecular weight is 708 g/mol. The Hall–Kier alpha value is -4.59. The highest BCUT2D eigenvalue weighted by atomic mass is 16.5. The molecule has 278 valence electrons. The molecule has 2 aliphatic heterocycles. The number of H-pyrrole nitrogens is 1. The molecule has 2 amide bonds. The van der Waals surface area contributed by atoms with Crippen LogP contribution in [-0.2, 0) is 40.2 Å². The summed E-state index contributed by atoms with van der Waals surface area (Å²) in [6.07, 6.45) is 7.77. The Labute approximate surface area is 299 Å². The number of carbonyl (C=O) groups excluding carboxylic acids is 2. The Morgan fingerprint density at radius 1 is 1.02 bits per heavy atom. The molecule has 14 heteroatoms. The molecule has 1 fully saturated rings. The average Bonchev–Trinajstić information content (AvgIpc) is 3.57. The molecule has 1 atom stereocenters. The van der Waals surface area contributed by atoms with Crippen molar-refractivity contribution in [3.63, 3.8) is 0 Å². The van der Waals surface area contributed by atoms with Crippen molar-refractivity contribution < 1.29 is 33.7 Å². The van der Waals surface area contributed by atoms with E-state index in [0.29, 0.717) is 75.2 Å². The Morgan fingerprint density at radius 2 is 1.80 bits per heavy atom. The molecule has 2 bridgehead atoms. The minimum Gasteiger partial charge on any atom is -0.493 e. The number of rotatable bonds is 7. The van der Waals surface area contributed by atoms with E-state index in [9.17, 15) is 9.59 Å². The van der Waals surface area contributed by atoms with Crippen molar-refractivity contribution in [2.45, 2.75) is 71.3 Å². The number of amides is 2. The molecule has 1 aromatic carbocycles. The van der Waals surface area contributed by atoms with Crippen molar-refractivity contribution in [3.05, 3.63) is 34.6 Å². The van der Waals surface area contributed by atoms with Crippen LogP contribution in [0, 0.1) is 5.92 Å². The normalized spacial score (nSPS) is 18.6. The van der Waals surface area contributed by atoms with Gasteiger partial charge in [0.1, 0.15) is 5.82 Å².